The minimum absolute atomic E-state index is 0.303. The predicted octanol–water partition coefficient (Wildman–Crippen LogP) is 1.31. The van der Waals surface area contributed by atoms with E-state index in [2.05, 4.69) is 0 Å². The zero-order chi connectivity index (χ0) is 8.36. The van der Waals surface area contributed by atoms with Gasteiger partial charge in [-0.1, -0.05) is 13.8 Å². The van der Waals surface area contributed by atoms with Gasteiger partial charge in [0.25, 0.3) is 10.1 Å². The largest absolute Gasteiger partial charge is 0.285 e. The molecule has 0 amide bonds. The molecule has 0 aliphatic heterocycles. The molecule has 0 radical (unpaired) electrons. The van der Waals surface area contributed by atoms with Crippen molar-refractivity contribution in [1.82, 2.24) is 0 Å². The molecular weight excluding hydrogens is 152 g/mol. The molecule has 10 heavy (non-hydrogen) atoms. The van der Waals surface area contributed by atoms with Crippen molar-refractivity contribution in [3.63, 3.8) is 0 Å². The Morgan fingerprint density at radius 1 is 1.30 bits per heavy atom. The fourth-order valence-corrected chi connectivity index (χ4v) is 1.41. The van der Waals surface area contributed by atoms with Crippen molar-refractivity contribution in [3.05, 3.63) is 0 Å². The van der Waals surface area contributed by atoms with Crippen LogP contribution < -0.4 is 0 Å². The first-order chi connectivity index (χ1) is 4.34. The van der Waals surface area contributed by atoms with E-state index in [1.807, 2.05) is 13.8 Å². The van der Waals surface area contributed by atoms with E-state index >= 15 is 0 Å². The summed E-state index contributed by atoms with van der Waals surface area (Å²) in [6.45, 7) is 5.35. The van der Waals surface area contributed by atoms with Crippen LogP contribution in [0.4, 0.5) is 0 Å². The van der Waals surface area contributed by atoms with E-state index in [1.54, 1.807) is 0 Å². The van der Waals surface area contributed by atoms with Crippen LogP contribution in [0.15, 0.2) is 0 Å². The average Bonchev–Trinajstić information content (AvgIpc) is 1.60. The highest BCUT2D eigenvalue weighted by Gasteiger charge is 2.17. The van der Waals surface area contributed by atoms with Crippen molar-refractivity contribution in [3.8, 4) is 0 Å². The topological polar surface area (TPSA) is 54.4 Å². The van der Waals surface area contributed by atoms with E-state index < -0.39 is 15.4 Å². The SMILES string of the molecule is CC(C)CC(C)S(=O)(=O)O. The van der Waals surface area contributed by atoms with Gasteiger partial charge in [-0.3, -0.25) is 4.55 Å². The highest BCUT2D eigenvalue weighted by atomic mass is 32.2. The fourth-order valence-electron chi connectivity index (χ4n) is 0.785. The second-order valence-corrected chi connectivity index (χ2v) is 4.79. The quantitative estimate of drug-likeness (QED) is 0.643. The first-order valence-electron chi connectivity index (χ1n) is 3.30. The zero-order valence-corrected chi connectivity index (χ0v) is 7.35. The molecule has 0 saturated carbocycles. The van der Waals surface area contributed by atoms with Crippen molar-refractivity contribution in [2.75, 3.05) is 0 Å². The zero-order valence-electron chi connectivity index (χ0n) is 6.53. The Kier molecular flexibility index (Phi) is 3.31. The predicted molar refractivity (Wildman–Crippen MR) is 40.5 cm³/mol. The van der Waals surface area contributed by atoms with Gasteiger partial charge < -0.3 is 0 Å². The van der Waals surface area contributed by atoms with Crippen LogP contribution in [0.5, 0.6) is 0 Å². The lowest BCUT2D eigenvalue weighted by Gasteiger charge is -2.09. The van der Waals surface area contributed by atoms with E-state index in [1.165, 1.54) is 6.92 Å². The summed E-state index contributed by atoms with van der Waals surface area (Å²) in [5.74, 6) is 0.303. The molecule has 0 fully saturated rings. The highest BCUT2D eigenvalue weighted by Crippen LogP contribution is 2.10. The van der Waals surface area contributed by atoms with Crippen LogP contribution in [0.2, 0.25) is 0 Å². The smallest absolute Gasteiger partial charge is 0.267 e. The van der Waals surface area contributed by atoms with Crippen molar-refractivity contribution in [2.24, 2.45) is 5.92 Å². The molecule has 0 aliphatic carbocycles. The Balaban J connectivity index is 3.99. The van der Waals surface area contributed by atoms with E-state index in [4.69, 9.17) is 4.55 Å². The normalized spacial score (nSPS) is 15.7. The first-order valence-corrected chi connectivity index (χ1v) is 4.80. The summed E-state index contributed by atoms with van der Waals surface area (Å²) < 4.78 is 29.4. The lowest BCUT2D eigenvalue weighted by Crippen LogP contribution is -2.18. The monoisotopic (exact) mass is 166 g/mol. The summed E-state index contributed by atoms with van der Waals surface area (Å²) in [4.78, 5) is 0. The lowest BCUT2D eigenvalue weighted by molar-refractivity contribution is 0.452. The van der Waals surface area contributed by atoms with Crippen molar-refractivity contribution in [1.29, 1.82) is 0 Å². The maximum Gasteiger partial charge on any atom is 0.267 e. The molecule has 62 valence electrons. The van der Waals surface area contributed by atoms with Gasteiger partial charge >= 0.3 is 0 Å². The molecule has 3 nitrogen and oxygen atoms in total. The Morgan fingerprint density at radius 2 is 1.70 bits per heavy atom. The van der Waals surface area contributed by atoms with Crippen molar-refractivity contribution < 1.29 is 13.0 Å². The van der Waals surface area contributed by atoms with Crippen LogP contribution in [0.25, 0.3) is 0 Å². The molecule has 0 heterocycles. The third-order valence-electron chi connectivity index (χ3n) is 1.31. The van der Waals surface area contributed by atoms with E-state index in [0.29, 0.717) is 12.3 Å². The van der Waals surface area contributed by atoms with Crippen molar-refractivity contribution in [2.45, 2.75) is 32.4 Å². The van der Waals surface area contributed by atoms with Crippen LogP contribution in [-0.4, -0.2) is 18.2 Å². The van der Waals surface area contributed by atoms with Gasteiger partial charge in [-0.2, -0.15) is 8.42 Å². The molecular formula is C6H14O3S. The van der Waals surface area contributed by atoms with Crippen LogP contribution in [0, 0.1) is 5.92 Å². The summed E-state index contributed by atoms with van der Waals surface area (Å²) >= 11 is 0. The van der Waals surface area contributed by atoms with Crippen molar-refractivity contribution >= 4 is 10.1 Å². The second-order valence-electron chi connectivity index (χ2n) is 2.96. The van der Waals surface area contributed by atoms with Gasteiger partial charge in [-0.25, -0.2) is 0 Å². The highest BCUT2D eigenvalue weighted by molar-refractivity contribution is 7.86. The molecule has 0 aromatic rings. The molecule has 1 N–H and O–H groups in total. The third-order valence-corrected chi connectivity index (χ3v) is 2.52. The summed E-state index contributed by atoms with van der Waals surface area (Å²) in [5.41, 5.74) is 0. The minimum atomic E-state index is -3.80. The van der Waals surface area contributed by atoms with Crippen LogP contribution >= 0.6 is 0 Å². The number of rotatable bonds is 3. The van der Waals surface area contributed by atoms with E-state index in [0.717, 1.165) is 0 Å². The molecule has 0 aliphatic rings. The molecule has 1 atom stereocenters. The molecule has 0 spiro atoms. The molecule has 0 aromatic heterocycles. The molecule has 0 aromatic carbocycles. The summed E-state index contributed by atoms with van der Waals surface area (Å²) in [5, 5.41) is -0.632. The van der Waals surface area contributed by atoms with E-state index in [9.17, 15) is 8.42 Å². The molecule has 0 rings (SSSR count). The molecule has 1 unspecified atom stereocenters. The van der Waals surface area contributed by atoms with E-state index in [-0.39, 0.29) is 0 Å². The van der Waals surface area contributed by atoms with Gasteiger partial charge in [0, 0.05) is 0 Å². The van der Waals surface area contributed by atoms with Gasteiger partial charge in [-0.05, 0) is 19.3 Å². The van der Waals surface area contributed by atoms with Gasteiger partial charge in [0.05, 0.1) is 5.25 Å². The van der Waals surface area contributed by atoms with Crippen LogP contribution in [0.3, 0.4) is 0 Å². The van der Waals surface area contributed by atoms with Crippen LogP contribution in [-0.2, 0) is 10.1 Å². The average molecular weight is 166 g/mol. The Hall–Kier alpha value is -0.0900. The fraction of sp³-hybridized carbons (Fsp3) is 1.00. The standard InChI is InChI=1S/C6H14O3S/c1-5(2)4-6(3)10(7,8)9/h5-6H,4H2,1-3H3,(H,7,8,9). The Morgan fingerprint density at radius 3 is 1.80 bits per heavy atom. The summed E-state index contributed by atoms with van der Waals surface area (Å²) in [7, 11) is -3.80. The van der Waals surface area contributed by atoms with Crippen LogP contribution in [0.1, 0.15) is 27.2 Å². The Bertz CT molecular complexity index is 181. The minimum Gasteiger partial charge on any atom is -0.285 e. The lowest BCUT2D eigenvalue weighted by atomic mass is 10.1. The second kappa shape index (κ2) is 3.34. The number of hydrogen-bond acceptors (Lipinski definition) is 2. The maximum absolute atomic E-state index is 10.4. The number of hydrogen-bond donors (Lipinski definition) is 1. The maximum atomic E-state index is 10.4. The van der Waals surface area contributed by atoms with Gasteiger partial charge in [0.15, 0.2) is 0 Å². The van der Waals surface area contributed by atoms with Gasteiger partial charge in [-0.15, -0.1) is 0 Å². The summed E-state index contributed by atoms with van der Waals surface area (Å²) in [6, 6.07) is 0. The first kappa shape index (κ1) is 9.91. The van der Waals surface area contributed by atoms with Gasteiger partial charge in [0.1, 0.15) is 0 Å². The molecule has 0 saturated heterocycles. The summed E-state index contributed by atoms with van der Waals surface area (Å²) in [6.07, 6.45) is 0.513. The third kappa shape index (κ3) is 3.85. The Labute approximate surface area is 62.2 Å². The molecule has 4 heteroatoms. The molecule has 0 bridgehead atoms. The van der Waals surface area contributed by atoms with Gasteiger partial charge in [0.2, 0.25) is 0 Å².